The number of unbranched alkanes of at least 4 members (excludes halogenated alkanes) is 13. The minimum Gasteiger partial charge on any atom is -0.394 e. The van der Waals surface area contributed by atoms with E-state index >= 15 is 0 Å². The van der Waals surface area contributed by atoms with E-state index in [0.29, 0.717) is 129 Å². The lowest BCUT2D eigenvalue weighted by atomic mass is 9.94. The summed E-state index contributed by atoms with van der Waals surface area (Å²) in [6.45, 7) is 4.80. The van der Waals surface area contributed by atoms with Crippen molar-refractivity contribution in [2.75, 3.05) is 126 Å². The first kappa shape index (κ1) is 114. The minimum atomic E-state index is -1.47. The molecule has 131 heavy (non-hydrogen) atoms. The summed E-state index contributed by atoms with van der Waals surface area (Å²) in [5.41, 5.74) is 0. The molecule has 45 nitrogen and oxygen atoms in total. The molecule has 5 heterocycles. The number of aliphatic hydroxyl groups is 10. The Labute approximate surface area is 766 Å². The SMILES string of the molecule is COC[C@@H]1C[C@@H](O)CN1C(=O)CCCCCCCCCCC(=O)N[C@@H]1O[C@H](COCCC(=O)NCCCCNC(=O)CCCCO[C@@H]2O[C@H](CO)[C@H](O)[C@H](O)[C@H]2NC(C)=O)[C@@H](OCCC(=O)NCCCCNC(=O)CCCCO[C@@H]2O[C@H](CO)[C@H](O)[C@H](O)[C@H]2NC(C)=O)[C@H](OCCC(=O)NCCCCNC(=O)CCCCO[C@@H]2O[C@H](CO)[C@H](O)[C@H](O)[C@H]2NC(C)=O)[C@H]1NC(C)=O. The summed E-state index contributed by atoms with van der Waals surface area (Å²) in [4.78, 5) is 156. The zero-order valence-electron chi connectivity index (χ0n) is 76.7. The second kappa shape index (κ2) is 65.5. The lowest BCUT2D eigenvalue weighted by molar-refractivity contribution is -0.270. The van der Waals surface area contributed by atoms with Crippen molar-refractivity contribution in [3.63, 3.8) is 0 Å². The van der Waals surface area contributed by atoms with Crippen LogP contribution in [0.15, 0.2) is 0 Å². The van der Waals surface area contributed by atoms with Crippen molar-refractivity contribution in [3.05, 3.63) is 0 Å². The van der Waals surface area contributed by atoms with Crippen molar-refractivity contribution < 1.29 is 161 Å². The fraction of sp³-hybridized carbons (Fsp3) is 0.860. The molecule has 12 amide bonds. The Morgan fingerprint density at radius 2 is 0.641 bits per heavy atom. The van der Waals surface area contributed by atoms with E-state index in [1.54, 1.807) is 12.0 Å². The van der Waals surface area contributed by atoms with Crippen molar-refractivity contribution in [3.8, 4) is 0 Å². The minimum absolute atomic E-state index is 0.00740. The molecule has 754 valence electrons. The third-order valence-corrected chi connectivity index (χ3v) is 22.8. The number of amides is 12. The molecule has 5 saturated heterocycles. The first-order valence-corrected chi connectivity index (χ1v) is 46.5. The molecule has 0 aromatic rings. The highest BCUT2D eigenvalue weighted by molar-refractivity contribution is 5.80. The van der Waals surface area contributed by atoms with Crippen molar-refractivity contribution >= 4 is 70.9 Å². The topological polar surface area (TPSA) is 644 Å². The van der Waals surface area contributed by atoms with Gasteiger partial charge in [-0.2, -0.15) is 0 Å². The maximum atomic E-state index is 14.0. The van der Waals surface area contributed by atoms with Gasteiger partial charge in [0.05, 0.1) is 65.0 Å². The average Bonchev–Trinajstić information content (AvgIpc) is 1.34. The van der Waals surface area contributed by atoms with Crippen molar-refractivity contribution in [2.45, 2.75) is 349 Å². The molecule has 0 aromatic carbocycles. The Bertz CT molecular complexity index is 3350. The predicted octanol–water partition coefficient (Wildman–Crippen LogP) is -4.77. The van der Waals surface area contributed by atoms with Crippen LogP contribution in [-0.2, 0) is 110 Å². The smallest absolute Gasteiger partial charge is 0.222 e. The Morgan fingerprint density at radius 1 is 0.321 bits per heavy atom. The summed E-state index contributed by atoms with van der Waals surface area (Å²) in [7, 11) is 1.57. The second-order valence-corrected chi connectivity index (χ2v) is 33.8. The summed E-state index contributed by atoms with van der Waals surface area (Å²) >= 11 is 0. The predicted molar refractivity (Wildman–Crippen MR) is 464 cm³/mol. The van der Waals surface area contributed by atoms with Gasteiger partial charge in [-0.15, -0.1) is 0 Å². The van der Waals surface area contributed by atoms with Crippen LogP contribution in [0.3, 0.4) is 0 Å². The van der Waals surface area contributed by atoms with E-state index in [1.807, 2.05) is 0 Å². The molecule has 45 heteroatoms. The van der Waals surface area contributed by atoms with E-state index in [2.05, 4.69) is 58.5 Å². The van der Waals surface area contributed by atoms with Gasteiger partial charge < -0.3 is 167 Å². The maximum Gasteiger partial charge on any atom is 0.222 e. The lowest BCUT2D eigenvalue weighted by Crippen LogP contribution is -2.69. The summed E-state index contributed by atoms with van der Waals surface area (Å²) in [5.74, 6) is -4.30. The number of nitrogens with zero attached hydrogens (tertiary/aromatic N) is 1. The van der Waals surface area contributed by atoms with Crippen LogP contribution in [0, 0.1) is 0 Å². The van der Waals surface area contributed by atoms with Gasteiger partial charge in [-0.3, -0.25) is 57.5 Å². The van der Waals surface area contributed by atoms with E-state index < -0.39 is 190 Å². The number of β-amino-alcohol motifs (C(OH)–C–C–N with tert-alkyl or cyclic N) is 1. The van der Waals surface area contributed by atoms with Crippen LogP contribution < -0.4 is 58.5 Å². The summed E-state index contributed by atoms with van der Waals surface area (Å²) in [6, 6.07) is -4.60. The molecule has 0 spiro atoms. The third kappa shape index (κ3) is 44.4. The van der Waals surface area contributed by atoms with Crippen molar-refractivity contribution in [1.29, 1.82) is 0 Å². The number of carbonyl (C=O) groups excluding carboxylic acids is 12. The highest BCUT2D eigenvalue weighted by Crippen LogP contribution is 2.30. The molecule has 0 aromatic heterocycles. The summed E-state index contributed by atoms with van der Waals surface area (Å²) in [6.07, 6.45) is -8.32. The standard InChI is InChI=1S/C86H152N12O33/c1-53(102)93-71-78(118)75(115)59(48-99)129-84(71)125-40-23-14-26-63(107)87-34-17-20-37-90-66(110)31-43-122-52-62-81(123-44-32-67(111)91-38-21-18-35-88-64(108)27-15-24-41-126-85-72(94-54(2)103)79(119)76(116)60(49-100)130-85)82(74(96-56(4)105)83(128-62)97-69(113)29-12-10-8-6-7-9-11-13-30-70(114)98-47-58(106)46-57(98)51-121-5)124-45-33-68(112)92-39-22-19-36-89-65(109)28-16-25-42-127-86-73(95-55(3)104)80(120)77(117)61(50-101)131-86/h57-62,71-86,99-101,106,115-120H,6-52H2,1-5H3,(H,87,107)(H,88,108)(H,89,109)(H,90,110)(H,91,111)(H,92,112)(H,93,102)(H,94,103)(H,95,104)(H,96,105)(H,97,113)/t57-,58+,59+,60+,61+,62+,71+,72+,73+,74+,75-,76-,77-,78+,79+,80+,81+,82+,83+,84+,85+,86+/m0/s1. The monoisotopic (exact) mass is 1880 g/mol. The lowest BCUT2D eigenvalue weighted by Gasteiger charge is -2.46. The van der Waals surface area contributed by atoms with E-state index in [4.69, 9.17) is 52.1 Å². The molecule has 0 aliphatic carbocycles. The second-order valence-electron chi connectivity index (χ2n) is 33.8. The summed E-state index contributed by atoms with van der Waals surface area (Å²) in [5, 5.41) is 132. The molecule has 0 unspecified atom stereocenters. The van der Waals surface area contributed by atoms with Gasteiger partial charge in [-0.25, -0.2) is 0 Å². The van der Waals surface area contributed by atoms with Crippen molar-refractivity contribution in [2.24, 2.45) is 0 Å². The number of hydrogen-bond donors (Lipinski definition) is 21. The van der Waals surface area contributed by atoms with Gasteiger partial charge >= 0.3 is 0 Å². The Balaban J connectivity index is 1.16. The molecule has 5 rings (SSSR count). The maximum absolute atomic E-state index is 14.0. The molecule has 21 N–H and O–H groups in total. The Kier molecular flexibility index (Phi) is 57.1. The molecular weight excluding hydrogens is 1730 g/mol. The number of rotatable bonds is 67. The molecule has 0 radical (unpaired) electrons. The van der Waals surface area contributed by atoms with Crippen LogP contribution in [-0.4, -0.2) is 387 Å². The molecule has 5 fully saturated rings. The number of methoxy groups -OCH3 is 1. The van der Waals surface area contributed by atoms with Crippen LogP contribution in [0.25, 0.3) is 0 Å². The van der Waals surface area contributed by atoms with Gasteiger partial charge in [0.15, 0.2) is 25.1 Å². The number of hydrogen-bond acceptors (Lipinski definition) is 33. The number of carbonyl (C=O) groups is 12. The molecule has 5 aliphatic rings. The van der Waals surface area contributed by atoms with Crippen LogP contribution in [0.5, 0.6) is 0 Å². The fourth-order valence-electron chi connectivity index (χ4n) is 15.7. The van der Waals surface area contributed by atoms with Crippen LogP contribution in [0.1, 0.15) is 214 Å². The number of ether oxygens (including phenoxy) is 11. The molecule has 22 atom stereocenters. The average molecular weight is 1880 g/mol. The van der Waals surface area contributed by atoms with Crippen LogP contribution in [0.2, 0.25) is 0 Å². The van der Waals surface area contributed by atoms with Gasteiger partial charge in [0.2, 0.25) is 70.9 Å². The largest absolute Gasteiger partial charge is 0.394 e. The third-order valence-electron chi connectivity index (χ3n) is 22.8. The van der Waals surface area contributed by atoms with Gasteiger partial charge in [-0.05, 0) is 96.3 Å². The highest BCUT2D eigenvalue weighted by Gasteiger charge is 2.51. The number of likely N-dealkylation sites (tertiary alicyclic amines) is 1. The Morgan fingerprint density at radius 3 is 1.00 bits per heavy atom. The van der Waals surface area contributed by atoms with Gasteiger partial charge in [0.1, 0.15) is 97.4 Å². The zero-order valence-corrected chi connectivity index (χ0v) is 76.7. The van der Waals surface area contributed by atoms with E-state index in [-0.39, 0.29) is 146 Å². The molecule has 5 aliphatic heterocycles. The van der Waals surface area contributed by atoms with E-state index in [9.17, 15) is 109 Å². The molecule has 0 saturated carbocycles. The number of aliphatic hydroxyl groups excluding tert-OH is 10. The Hall–Kier alpha value is -7.20. The van der Waals surface area contributed by atoms with Gasteiger partial charge in [0.25, 0.3) is 0 Å². The zero-order chi connectivity index (χ0) is 96.0. The molecular formula is C86H152N12O33. The first-order chi connectivity index (χ1) is 62.9. The number of nitrogens with one attached hydrogen (secondary N) is 11. The molecule has 0 bridgehead atoms. The first-order valence-electron chi connectivity index (χ1n) is 46.5. The van der Waals surface area contributed by atoms with Gasteiger partial charge in [0, 0.05) is 152 Å². The summed E-state index contributed by atoms with van der Waals surface area (Å²) < 4.78 is 65.0. The van der Waals surface area contributed by atoms with Crippen LogP contribution >= 0.6 is 0 Å². The van der Waals surface area contributed by atoms with Crippen molar-refractivity contribution in [1.82, 2.24) is 63.4 Å². The van der Waals surface area contributed by atoms with Gasteiger partial charge in [-0.1, -0.05) is 38.5 Å². The van der Waals surface area contributed by atoms with Crippen LogP contribution in [0.4, 0.5) is 0 Å². The quantitative estimate of drug-likeness (QED) is 0.0254. The van der Waals surface area contributed by atoms with E-state index in [0.717, 1.165) is 44.9 Å². The highest BCUT2D eigenvalue weighted by atomic mass is 16.7. The fourth-order valence-corrected chi connectivity index (χ4v) is 15.7. The van der Waals surface area contributed by atoms with E-state index in [1.165, 1.54) is 27.7 Å². The normalized spacial score (nSPS) is 27.1.